The Morgan fingerprint density at radius 1 is 1.15 bits per heavy atom. The summed E-state index contributed by atoms with van der Waals surface area (Å²) in [6.45, 7) is 6.91. The molecule has 0 aromatic heterocycles. The molecule has 0 radical (unpaired) electrons. The number of thiocarbonyl (C=S) groups is 1. The van der Waals surface area contributed by atoms with E-state index in [1.54, 1.807) is 18.2 Å². The van der Waals surface area contributed by atoms with Crippen LogP contribution < -0.4 is 10.6 Å². The minimum atomic E-state index is -3.52. The van der Waals surface area contributed by atoms with Gasteiger partial charge >= 0.3 is 0 Å². The van der Waals surface area contributed by atoms with E-state index in [0.717, 1.165) is 11.1 Å². The summed E-state index contributed by atoms with van der Waals surface area (Å²) in [5, 5.41) is 7.27. The van der Waals surface area contributed by atoms with Gasteiger partial charge in [-0.2, -0.15) is 4.31 Å². The van der Waals surface area contributed by atoms with Gasteiger partial charge in [-0.05, 0) is 54.5 Å². The molecule has 2 N–H and O–H groups in total. The molecule has 0 aliphatic heterocycles. The van der Waals surface area contributed by atoms with Crippen molar-refractivity contribution in [2.45, 2.75) is 32.2 Å². The first-order valence-electron chi connectivity index (χ1n) is 8.68. The van der Waals surface area contributed by atoms with E-state index in [4.69, 9.17) is 23.8 Å². The van der Waals surface area contributed by atoms with Crippen molar-refractivity contribution in [3.05, 3.63) is 58.6 Å². The van der Waals surface area contributed by atoms with Gasteiger partial charge in [0.2, 0.25) is 10.0 Å². The van der Waals surface area contributed by atoms with Crippen molar-refractivity contribution in [3.8, 4) is 0 Å². The van der Waals surface area contributed by atoms with Crippen LogP contribution in [0, 0.1) is 6.92 Å². The molecule has 2 aromatic carbocycles. The van der Waals surface area contributed by atoms with Gasteiger partial charge in [0.05, 0.1) is 4.90 Å². The van der Waals surface area contributed by atoms with Crippen LogP contribution in [0.4, 0.5) is 5.69 Å². The average Bonchev–Trinajstić information content (AvgIpc) is 2.62. The fourth-order valence-electron chi connectivity index (χ4n) is 2.60. The highest BCUT2D eigenvalue weighted by Crippen LogP contribution is 2.23. The van der Waals surface area contributed by atoms with Crippen molar-refractivity contribution in [1.82, 2.24) is 9.62 Å². The highest BCUT2D eigenvalue weighted by atomic mass is 35.5. The predicted octanol–water partition coefficient (Wildman–Crippen LogP) is 4.17. The highest BCUT2D eigenvalue weighted by molar-refractivity contribution is 7.89. The molecule has 0 heterocycles. The van der Waals surface area contributed by atoms with Crippen LogP contribution in [0.25, 0.3) is 0 Å². The lowest BCUT2D eigenvalue weighted by molar-refractivity contribution is 0.445. The lowest BCUT2D eigenvalue weighted by atomic mass is 10.2. The summed E-state index contributed by atoms with van der Waals surface area (Å²) in [5.74, 6) is 0. The molecule has 8 heteroatoms. The van der Waals surface area contributed by atoms with Gasteiger partial charge in [-0.25, -0.2) is 8.42 Å². The number of nitrogens with one attached hydrogen (secondary N) is 2. The van der Waals surface area contributed by atoms with Crippen LogP contribution in [-0.2, 0) is 16.6 Å². The van der Waals surface area contributed by atoms with Gasteiger partial charge in [0.25, 0.3) is 0 Å². The molecule has 0 atom stereocenters. The largest absolute Gasteiger partial charge is 0.358 e. The molecule has 0 bridgehead atoms. The molecular formula is C19H24ClN3O2S2. The van der Waals surface area contributed by atoms with E-state index in [1.807, 2.05) is 45.0 Å². The van der Waals surface area contributed by atoms with E-state index in [1.165, 1.54) is 4.31 Å². The Morgan fingerprint density at radius 3 is 2.48 bits per heavy atom. The number of hydrogen-bond acceptors (Lipinski definition) is 3. The van der Waals surface area contributed by atoms with Crippen molar-refractivity contribution in [3.63, 3.8) is 0 Å². The molecule has 0 spiro atoms. The number of anilines is 1. The third-order valence-electron chi connectivity index (χ3n) is 4.14. The van der Waals surface area contributed by atoms with E-state index < -0.39 is 10.0 Å². The molecule has 2 rings (SSSR count). The maximum absolute atomic E-state index is 12.7. The van der Waals surface area contributed by atoms with E-state index in [0.29, 0.717) is 35.5 Å². The van der Waals surface area contributed by atoms with Crippen LogP contribution in [0.5, 0.6) is 0 Å². The Morgan fingerprint density at radius 2 is 1.85 bits per heavy atom. The number of sulfonamides is 1. The summed E-state index contributed by atoms with van der Waals surface area (Å²) in [4.78, 5) is 0.247. The molecule has 146 valence electrons. The van der Waals surface area contributed by atoms with Crippen molar-refractivity contribution >= 4 is 44.6 Å². The van der Waals surface area contributed by atoms with Gasteiger partial charge in [-0.1, -0.05) is 43.6 Å². The second-order valence-corrected chi connectivity index (χ2v) is 8.79. The predicted molar refractivity (Wildman–Crippen MR) is 116 cm³/mol. The van der Waals surface area contributed by atoms with Crippen molar-refractivity contribution < 1.29 is 8.42 Å². The number of hydrogen-bond donors (Lipinski definition) is 2. The lowest BCUT2D eigenvalue weighted by Gasteiger charge is -2.20. The minimum Gasteiger partial charge on any atom is -0.358 e. The number of nitrogens with zero attached hydrogens (tertiary/aromatic N) is 1. The molecule has 2 aromatic rings. The molecule has 0 aliphatic carbocycles. The topological polar surface area (TPSA) is 61.4 Å². The first-order valence-corrected chi connectivity index (χ1v) is 10.9. The van der Waals surface area contributed by atoms with Crippen molar-refractivity contribution in [2.24, 2.45) is 0 Å². The zero-order chi connectivity index (χ0) is 20.0. The molecule has 0 amide bonds. The molecule has 0 unspecified atom stereocenters. The normalized spacial score (nSPS) is 11.4. The fourth-order valence-corrected chi connectivity index (χ4v) is 4.48. The molecule has 0 fully saturated rings. The molecule has 0 saturated heterocycles. The Hall–Kier alpha value is -1.67. The zero-order valence-electron chi connectivity index (χ0n) is 15.6. The smallest absolute Gasteiger partial charge is 0.243 e. The maximum Gasteiger partial charge on any atom is 0.243 e. The summed E-state index contributed by atoms with van der Waals surface area (Å²) in [5.41, 5.74) is 2.56. The van der Waals surface area contributed by atoms with E-state index in [2.05, 4.69) is 10.6 Å². The summed E-state index contributed by atoms with van der Waals surface area (Å²) in [6.07, 6.45) is 0. The van der Waals surface area contributed by atoms with E-state index in [9.17, 15) is 8.42 Å². The van der Waals surface area contributed by atoms with Gasteiger partial charge in [-0.3, -0.25) is 0 Å². The van der Waals surface area contributed by atoms with Crippen LogP contribution in [0.15, 0.2) is 47.4 Å². The summed E-state index contributed by atoms with van der Waals surface area (Å²) < 4.78 is 26.9. The average molecular weight is 426 g/mol. The summed E-state index contributed by atoms with van der Waals surface area (Å²) in [7, 11) is -3.52. The van der Waals surface area contributed by atoms with Crippen LogP contribution in [-0.4, -0.2) is 30.9 Å². The standard InChI is InChI=1S/C19H24ClN3O2S2/c1-4-23(5-2)27(24,25)17-10-9-14(3)18(12-17)22-19(26)21-13-15-7-6-8-16(20)11-15/h6-12H,4-5,13H2,1-3H3,(H2,21,22,26). The monoisotopic (exact) mass is 425 g/mol. The Balaban J connectivity index is 2.13. The minimum absolute atomic E-state index is 0.247. The van der Waals surface area contributed by atoms with Crippen LogP contribution >= 0.6 is 23.8 Å². The number of rotatable bonds is 7. The van der Waals surface area contributed by atoms with Crippen LogP contribution in [0.3, 0.4) is 0 Å². The fraction of sp³-hybridized carbons (Fsp3) is 0.316. The molecular weight excluding hydrogens is 402 g/mol. The molecule has 0 aliphatic rings. The van der Waals surface area contributed by atoms with Crippen molar-refractivity contribution in [2.75, 3.05) is 18.4 Å². The lowest BCUT2D eigenvalue weighted by Crippen LogP contribution is -2.31. The summed E-state index contributed by atoms with van der Waals surface area (Å²) >= 11 is 11.3. The maximum atomic E-state index is 12.7. The third kappa shape index (κ3) is 5.65. The first-order chi connectivity index (χ1) is 12.8. The third-order valence-corrected chi connectivity index (χ3v) is 6.67. The van der Waals surface area contributed by atoms with Crippen LogP contribution in [0.2, 0.25) is 5.02 Å². The quantitative estimate of drug-likeness (QED) is 0.652. The van der Waals surface area contributed by atoms with Gasteiger partial charge in [0.15, 0.2) is 5.11 Å². The Kier molecular flexibility index (Phi) is 7.61. The van der Waals surface area contributed by atoms with Gasteiger partial charge in [0.1, 0.15) is 0 Å². The van der Waals surface area contributed by atoms with Gasteiger partial charge in [0, 0.05) is 30.3 Å². The van der Waals surface area contributed by atoms with E-state index in [-0.39, 0.29) is 4.90 Å². The summed E-state index contributed by atoms with van der Waals surface area (Å²) in [6, 6.07) is 12.5. The van der Waals surface area contributed by atoms with Crippen LogP contribution in [0.1, 0.15) is 25.0 Å². The second kappa shape index (κ2) is 9.50. The Bertz CT molecular complexity index is 913. The Labute approximate surface area is 171 Å². The SMILES string of the molecule is CCN(CC)S(=O)(=O)c1ccc(C)c(NC(=S)NCc2cccc(Cl)c2)c1. The van der Waals surface area contributed by atoms with Gasteiger partial charge < -0.3 is 10.6 Å². The van der Waals surface area contributed by atoms with E-state index >= 15 is 0 Å². The number of aryl methyl sites for hydroxylation is 1. The molecule has 27 heavy (non-hydrogen) atoms. The first kappa shape index (κ1) is 21.6. The van der Waals surface area contributed by atoms with Crippen molar-refractivity contribution in [1.29, 1.82) is 0 Å². The molecule has 5 nitrogen and oxygen atoms in total. The molecule has 0 saturated carbocycles. The number of benzene rings is 2. The zero-order valence-corrected chi connectivity index (χ0v) is 18.0. The second-order valence-electron chi connectivity index (χ2n) is 6.00. The van der Waals surface area contributed by atoms with Gasteiger partial charge in [-0.15, -0.1) is 0 Å². The number of halogens is 1. The highest BCUT2D eigenvalue weighted by Gasteiger charge is 2.22.